The number of aliphatic carboxylic acids is 1. The fourth-order valence-electron chi connectivity index (χ4n) is 3.82. The van der Waals surface area contributed by atoms with Crippen molar-refractivity contribution in [3.63, 3.8) is 0 Å². The number of aliphatic hydroxyl groups excluding tert-OH is 1. The van der Waals surface area contributed by atoms with Crippen LogP contribution in [0.2, 0.25) is 0 Å². The van der Waals surface area contributed by atoms with Crippen LogP contribution in [-0.4, -0.2) is 28.1 Å². The Bertz CT molecular complexity index is 675. The molecular weight excluding hydrogens is 440 g/mol. The predicted octanol–water partition coefficient (Wildman–Crippen LogP) is 5.83. The summed E-state index contributed by atoms with van der Waals surface area (Å²) >= 11 is 5.25. The Morgan fingerprint density at radius 1 is 1.25 bits per heavy atom. The van der Waals surface area contributed by atoms with E-state index in [4.69, 9.17) is 5.11 Å². The second kappa shape index (κ2) is 11.9. The Kier molecular flexibility index (Phi) is 9.89. The average Bonchev–Trinajstić information content (AvgIpc) is 3.16. The number of carbonyl (C=O) groups excluding carboxylic acids is 1. The van der Waals surface area contributed by atoms with Gasteiger partial charge in [0.25, 0.3) is 0 Å². The van der Waals surface area contributed by atoms with Crippen molar-refractivity contribution in [1.29, 1.82) is 0 Å². The van der Waals surface area contributed by atoms with Gasteiger partial charge in [0.1, 0.15) is 5.78 Å². The van der Waals surface area contributed by atoms with Crippen LogP contribution in [-0.2, 0) is 16.0 Å². The first kappa shape index (κ1) is 23.3. The fourth-order valence-corrected chi connectivity index (χ4v) is 5.43. The van der Waals surface area contributed by atoms with Crippen LogP contribution in [0.4, 0.5) is 0 Å². The van der Waals surface area contributed by atoms with E-state index in [-0.39, 0.29) is 24.2 Å². The summed E-state index contributed by atoms with van der Waals surface area (Å²) in [5.74, 6) is -0.311. The highest BCUT2D eigenvalue weighted by atomic mass is 79.9. The first-order chi connectivity index (χ1) is 13.4. The Labute approximate surface area is 180 Å². The molecule has 2 rings (SSSR count). The summed E-state index contributed by atoms with van der Waals surface area (Å²) in [6.07, 6.45) is 10.1. The van der Waals surface area contributed by atoms with E-state index in [1.807, 2.05) is 0 Å². The molecule has 1 fully saturated rings. The third kappa shape index (κ3) is 7.80. The van der Waals surface area contributed by atoms with Crippen LogP contribution in [0.1, 0.15) is 74.0 Å². The number of allylic oxidation sites excluding steroid dienone is 1. The van der Waals surface area contributed by atoms with Gasteiger partial charge in [0, 0.05) is 39.4 Å². The van der Waals surface area contributed by atoms with Crippen molar-refractivity contribution >= 4 is 39.0 Å². The number of aliphatic hydroxyl groups is 1. The minimum atomic E-state index is -0.733. The number of thiophene rings is 1. The summed E-state index contributed by atoms with van der Waals surface area (Å²) < 4.78 is 1.12. The van der Waals surface area contributed by atoms with Crippen molar-refractivity contribution in [3.05, 3.63) is 31.9 Å². The van der Waals surface area contributed by atoms with E-state index < -0.39 is 5.97 Å². The molecule has 0 aromatic carbocycles. The van der Waals surface area contributed by atoms with Crippen molar-refractivity contribution in [2.45, 2.75) is 83.7 Å². The zero-order valence-electron chi connectivity index (χ0n) is 16.6. The number of halogens is 1. The normalized spacial score (nSPS) is 20.8. The molecule has 1 aromatic rings. The zero-order valence-corrected chi connectivity index (χ0v) is 19.0. The molecule has 0 aliphatic heterocycles. The molecule has 1 aliphatic rings. The first-order valence-corrected chi connectivity index (χ1v) is 11.8. The van der Waals surface area contributed by atoms with Crippen LogP contribution >= 0.6 is 27.3 Å². The molecule has 1 saturated carbocycles. The van der Waals surface area contributed by atoms with E-state index in [1.165, 1.54) is 15.3 Å². The summed E-state index contributed by atoms with van der Waals surface area (Å²) in [6, 6.07) is 2.10. The molecule has 1 aromatic heterocycles. The molecule has 0 radical (unpaired) electrons. The lowest BCUT2D eigenvalue weighted by molar-refractivity contribution is -0.137. The molecule has 1 unspecified atom stereocenters. The van der Waals surface area contributed by atoms with Gasteiger partial charge in [-0.2, -0.15) is 0 Å². The highest BCUT2D eigenvalue weighted by molar-refractivity contribution is 9.10. The van der Waals surface area contributed by atoms with Crippen LogP contribution in [0.3, 0.4) is 0 Å². The molecule has 0 amide bonds. The molecule has 2 N–H and O–H groups in total. The molecule has 6 heteroatoms. The largest absolute Gasteiger partial charge is 0.481 e. The van der Waals surface area contributed by atoms with Gasteiger partial charge in [-0.3, -0.25) is 9.59 Å². The number of aryl methyl sites for hydroxylation is 2. The predicted molar refractivity (Wildman–Crippen MR) is 117 cm³/mol. The maximum atomic E-state index is 12.3. The van der Waals surface area contributed by atoms with Gasteiger partial charge in [-0.15, -0.1) is 11.3 Å². The number of rotatable bonds is 12. The van der Waals surface area contributed by atoms with Crippen molar-refractivity contribution in [1.82, 2.24) is 0 Å². The third-order valence-electron chi connectivity index (χ3n) is 5.48. The Balaban J connectivity index is 1.72. The maximum Gasteiger partial charge on any atom is 0.303 e. The highest BCUT2D eigenvalue weighted by Gasteiger charge is 2.29. The summed E-state index contributed by atoms with van der Waals surface area (Å²) in [7, 11) is 0. The lowest BCUT2D eigenvalue weighted by Crippen LogP contribution is -2.14. The number of carboxylic acid groups (broad SMARTS) is 1. The maximum absolute atomic E-state index is 12.3. The molecule has 4 nitrogen and oxygen atoms in total. The second-order valence-electron chi connectivity index (χ2n) is 7.70. The zero-order chi connectivity index (χ0) is 20.5. The lowest BCUT2D eigenvalue weighted by atomic mass is 9.92. The molecular formula is C22H31BrO4S. The SMILES string of the molecule is Cc1sc(CCC(=O)CC=C2CCC(O)[C@@H]2CCCCCCC(=O)O)cc1Br. The molecule has 156 valence electrons. The minimum Gasteiger partial charge on any atom is -0.481 e. The van der Waals surface area contributed by atoms with Gasteiger partial charge in [0.05, 0.1) is 6.10 Å². The lowest BCUT2D eigenvalue weighted by Gasteiger charge is -2.16. The monoisotopic (exact) mass is 470 g/mol. The molecule has 1 heterocycles. The number of hydrogen-bond acceptors (Lipinski definition) is 4. The molecule has 28 heavy (non-hydrogen) atoms. The Morgan fingerprint density at radius 2 is 2.00 bits per heavy atom. The van der Waals surface area contributed by atoms with Crippen molar-refractivity contribution in [2.24, 2.45) is 5.92 Å². The Morgan fingerprint density at radius 3 is 2.68 bits per heavy atom. The van der Waals surface area contributed by atoms with Gasteiger partial charge < -0.3 is 10.2 Å². The van der Waals surface area contributed by atoms with Crippen molar-refractivity contribution < 1.29 is 19.8 Å². The Hall–Kier alpha value is -0.980. The van der Waals surface area contributed by atoms with Crippen LogP contribution in [0, 0.1) is 12.8 Å². The smallest absolute Gasteiger partial charge is 0.303 e. The fraction of sp³-hybridized carbons (Fsp3) is 0.636. The van der Waals surface area contributed by atoms with Gasteiger partial charge in [0.2, 0.25) is 0 Å². The second-order valence-corrected chi connectivity index (χ2v) is 9.89. The van der Waals surface area contributed by atoms with Crippen LogP contribution in [0.25, 0.3) is 0 Å². The number of Topliss-reactive ketones (excluding diaryl/α,β-unsaturated/α-hetero) is 1. The number of hydrogen-bond donors (Lipinski definition) is 2. The van der Waals surface area contributed by atoms with Crippen LogP contribution < -0.4 is 0 Å². The summed E-state index contributed by atoms with van der Waals surface area (Å²) in [4.78, 5) is 25.3. The van der Waals surface area contributed by atoms with Gasteiger partial charge >= 0.3 is 5.97 Å². The van der Waals surface area contributed by atoms with Gasteiger partial charge in [-0.05, 0) is 61.0 Å². The molecule has 0 bridgehead atoms. The van der Waals surface area contributed by atoms with Gasteiger partial charge in [0.15, 0.2) is 0 Å². The van der Waals surface area contributed by atoms with E-state index in [0.717, 1.165) is 55.8 Å². The van der Waals surface area contributed by atoms with Crippen molar-refractivity contribution in [2.75, 3.05) is 0 Å². The van der Waals surface area contributed by atoms with E-state index in [9.17, 15) is 14.7 Å². The van der Waals surface area contributed by atoms with Crippen LogP contribution in [0.5, 0.6) is 0 Å². The number of unbranched alkanes of at least 4 members (excludes halogenated alkanes) is 3. The van der Waals surface area contributed by atoms with Crippen molar-refractivity contribution in [3.8, 4) is 0 Å². The first-order valence-electron chi connectivity index (χ1n) is 10.2. The quantitative estimate of drug-likeness (QED) is 0.297. The molecule has 2 atom stereocenters. The van der Waals surface area contributed by atoms with E-state index >= 15 is 0 Å². The summed E-state index contributed by atoms with van der Waals surface area (Å²) in [6.45, 7) is 2.07. The van der Waals surface area contributed by atoms with E-state index in [2.05, 4.69) is 35.0 Å². The summed E-state index contributed by atoms with van der Waals surface area (Å²) in [5.41, 5.74) is 1.24. The molecule has 0 saturated heterocycles. The minimum absolute atomic E-state index is 0.170. The molecule has 0 spiro atoms. The van der Waals surface area contributed by atoms with Gasteiger partial charge in [-0.25, -0.2) is 0 Å². The average molecular weight is 471 g/mol. The van der Waals surface area contributed by atoms with E-state index in [0.29, 0.717) is 12.8 Å². The van der Waals surface area contributed by atoms with Crippen LogP contribution in [0.15, 0.2) is 22.2 Å². The van der Waals surface area contributed by atoms with Gasteiger partial charge in [-0.1, -0.05) is 30.9 Å². The number of carbonyl (C=O) groups is 2. The number of carboxylic acids is 1. The van der Waals surface area contributed by atoms with E-state index in [1.54, 1.807) is 11.3 Å². The third-order valence-corrected chi connectivity index (χ3v) is 7.67. The summed E-state index contributed by atoms with van der Waals surface area (Å²) in [5, 5.41) is 18.9. The number of ketones is 1. The standard InChI is InChI=1S/C22H31BrO4S/c1-15-20(23)14-18(28-15)12-11-17(24)10-8-16-9-13-21(25)19(16)6-4-2-3-5-7-22(26)27/h8,14,19,21,25H,2-7,9-13H2,1H3,(H,26,27)/t19-,21?/m1/s1. The highest BCUT2D eigenvalue weighted by Crippen LogP contribution is 2.35. The molecule has 1 aliphatic carbocycles. The topological polar surface area (TPSA) is 74.6 Å².